The Morgan fingerprint density at radius 1 is 1.36 bits per heavy atom. The van der Waals surface area contributed by atoms with Crippen molar-refractivity contribution in [3.05, 3.63) is 6.92 Å². The fraction of sp³-hybridized carbons (Fsp3) is 0.571. The Bertz CT molecular complexity index is 141. The number of carboxylic acid groups (broad SMARTS) is 1. The molecule has 4 heteroatoms. The molecule has 0 amide bonds. The molecular formula is C7H11O4. The molecule has 4 nitrogen and oxygen atoms in total. The second-order valence-electron chi connectivity index (χ2n) is 1.97. The van der Waals surface area contributed by atoms with Crippen LogP contribution in [0.5, 0.6) is 0 Å². The summed E-state index contributed by atoms with van der Waals surface area (Å²) in [5.74, 6) is -1.47. The van der Waals surface area contributed by atoms with Gasteiger partial charge in [0.15, 0.2) is 0 Å². The minimum atomic E-state index is -0.989. The fourth-order valence-corrected chi connectivity index (χ4v) is 0.467. The first-order chi connectivity index (χ1) is 5.16. The molecule has 1 radical (unpaired) electrons. The van der Waals surface area contributed by atoms with E-state index >= 15 is 0 Å². The van der Waals surface area contributed by atoms with E-state index in [0.717, 1.165) is 0 Å². The number of rotatable bonds is 5. The SMILES string of the molecule is [CH2]CCOC(=O)CCC(=O)O. The summed E-state index contributed by atoms with van der Waals surface area (Å²) in [6.07, 6.45) is 0.282. The van der Waals surface area contributed by atoms with Gasteiger partial charge in [0.25, 0.3) is 0 Å². The topological polar surface area (TPSA) is 63.6 Å². The second-order valence-corrected chi connectivity index (χ2v) is 1.97. The summed E-state index contributed by atoms with van der Waals surface area (Å²) in [7, 11) is 0. The van der Waals surface area contributed by atoms with E-state index in [1.54, 1.807) is 0 Å². The molecule has 0 saturated carbocycles. The van der Waals surface area contributed by atoms with E-state index < -0.39 is 11.9 Å². The van der Waals surface area contributed by atoms with Gasteiger partial charge in [-0.25, -0.2) is 0 Å². The number of carbonyl (C=O) groups is 2. The molecule has 0 aliphatic carbocycles. The summed E-state index contributed by atoms with van der Waals surface area (Å²) in [6.45, 7) is 3.72. The lowest BCUT2D eigenvalue weighted by Gasteiger charge is -1.99. The predicted molar refractivity (Wildman–Crippen MR) is 37.8 cm³/mol. The van der Waals surface area contributed by atoms with Crippen LogP contribution in [0.15, 0.2) is 0 Å². The number of carboxylic acids is 1. The van der Waals surface area contributed by atoms with Crippen molar-refractivity contribution in [2.75, 3.05) is 6.61 Å². The maximum Gasteiger partial charge on any atom is 0.306 e. The Hall–Kier alpha value is -1.06. The van der Waals surface area contributed by atoms with Gasteiger partial charge in [0.05, 0.1) is 19.4 Å². The minimum absolute atomic E-state index is 0.0602. The molecule has 0 aromatic rings. The van der Waals surface area contributed by atoms with Gasteiger partial charge in [0.2, 0.25) is 0 Å². The maximum atomic E-state index is 10.6. The molecule has 0 saturated heterocycles. The van der Waals surface area contributed by atoms with Crippen LogP contribution < -0.4 is 0 Å². The van der Waals surface area contributed by atoms with Gasteiger partial charge in [-0.1, -0.05) is 0 Å². The third kappa shape index (κ3) is 6.83. The first-order valence-corrected chi connectivity index (χ1v) is 3.33. The van der Waals surface area contributed by atoms with Gasteiger partial charge in [0.1, 0.15) is 0 Å². The van der Waals surface area contributed by atoms with Crippen LogP contribution in [-0.2, 0) is 14.3 Å². The first kappa shape index (κ1) is 9.94. The largest absolute Gasteiger partial charge is 0.481 e. The Balaban J connectivity index is 3.30. The zero-order chi connectivity index (χ0) is 8.69. The summed E-state index contributed by atoms with van der Waals surface area (Å²) in [5, 5.41) is 8.17. The zero-order valence-corrected chi connectivity index (χ0v) is 6.21. The second kappa shape index (κ2) is 5.70. The highest BCUT2D eigenvalue weighted by atomic mass is 16.5. The van der Waals surface area contributed by atoms with E-state index in [2.05, 4.69) is 11.7 Å². The number of hydrogen-bond donors (Lipinski definition) is 1. The summed E-state index contributed by atoms with van der Waals surface area (Å²) >= 11 is 0. The van der Waals surface area contributed by atoms with Crippen LogP contribution in [0.4, 0.5) is 0 Å². The molecule has 0 unspecified atom stereocenters. The van der Waals surface area contributed by atoms with E-state index in [-0.39, 0.29) is 19.4 Å². The molecule has 0 fully saturated rings. The summed E-state index contributed by atoms with van der Waals surface area (Å²) < 4.78 is 4.58. The predicted octanol–water partition coefficient (Wildman–Crippen LogP) is 0.619. The smallest absolute Gasteiger partial charge is 0.306 e. The molecular weight excluding hydrogens is 148 g/mol. The number of hydrogen-bond acceptors (Lipinski definition) is 3. The third-order valence-corrected chi connectivity index (χ3v) is 0.950. The molecule has 0 spiro atoms. The van der Waals surface area contributed by atoms with Gasteiger partial charge in [0, 0.05) is 0 Å². The fourth-order valence-electron chi connectivity index (χ4n) is 0.467. The monoisotopic (exact) mass is 159 g/mol. The summed E-state index contributed by atoms with van der Waals surface area (Å²) in [6, 6.07) is 0. The molecule has 1 N–H and O–H groups in total. The Morgan fingerprint density at radius 3 is 2.45 bits per heavy atom. The molecule has 0 heterocycles. The van der Waals surface area contributed by atoms with Crippen molar-refractivity contribution in [1.82, 2.24) is 0 Å². The van der Waals surface area contributed by atoms with Crippen LogP contribution in [0, 0.1) is 6.92 Å². The Kier molecular flexibility index (Phi) is 5.15. The third-order valence-electron chi connectivity index (χ3n) is 0.950. The van der Waals surface area contributed by atoms with Crippen LogP contribution in [0.3, 0.4) is 0 Å². The molecule has 0 bridgehead atoms. The van der Waals surface area contributed by atoms with Gasteiger partial charge in [-0.15, -0.1) is 0 Å². The van der Waals surface area contributed by atoms with E-state index in [1.165, 1.54) is 0 Å². The highest BCUT2D eigenvalue weighted by molar-refractivity contribution is 5.76. The molecule has 0 aliphatic rings. The van der Waals surface area contributed by atoms with Crippen molar-refractivity contribution >= 4 is 11.9 Å². The molecule has 0 aromatic heterocycles. The number of esters is 1. The lowest BCUT2D eigenvalue weighted by Crippen LogP contribution is -2.07. The van der Waals surface area contributed by atoms with Crippen molar-refractivity contribution in [3.63, 3.8) is 0 Å². The van der Waals surface area contributed by atoms with Crippen molar-refractivity contribution in [3.8, 4) is 0 Å². The van der Waals surface area contributed by atoms with Crippen molar-refractivity contribution in [1.29, 1.82) is 0 Å². The van der Waals surface area contributed by atoms with Gasteiger partial charge in [-0.2, -0.15) is 0 Å². The lowest BCUT2D eigenvalue weighted by atomic mass is 10.3. The Labute approximate surface area is 65.2 Å². The summed E-state index contributed by atoms with van der Waals surface area (Å²) in [4.78, 5) is 20.6. The maximum absolute atomic E-state index is 10.6. The highest BCUT2D eigenvalue weighted by Crippen LogP contribution is 1.93. The van der Waals surface area contributed by atoms with E-state index in [4.69, 9.17) is 5.11 Å². The van der Waals surface area contributed by atoms with Gasteiger partial charge in [-0.05, 0) is 13.3 Å². The van der Waals surface area contributed by atoms with Crippen molar-refractivity contribution in [2.24, 2.45) is 0 Å². The number of carbonyl (C=O) groups excluding carboxylic acids is 1. The van der Waals surface area contributed by atoms with Crippen LogP contribution in [0.2, 0.25) is 0 Å². The van der Waals surface area contributed by atoms with Crippen LogP contribution in [0.1, 0.15) is 19.3 Å². The number of ether oxygens (including phenoxy) is 1. The lowest BCUT2D eigenvalue weighted by molar-refractivity contribution is -0.147. The minimum Gasteiger partial charge on any atom is -0.481 e. The van der Waals surface area contributed by atoms with E-state index in [0.29, 0.717) is 6.42 Å². The molecule has 0 aromatic carbocycles. The van der Waals surface area contributed by atoms with Gasteiger partial charge in [-0.3, -0.25) is 9.59 Å². The van der Waals surface area contributed by atoms with Crippen LogP contribution in [-0.4, -0.2) is 23.7 Å². The molecule has 0 aliphatic heterocycles. The normalized spacial score (nSPS) is 9.18. The quantitative estimate of drug-likeness (QED) is 0.597. The zero-order valence-electron chi connectivity index (χ0n) is 6.21. The highest BCUT2D eigenvalue weighted by Gasteiger charge is 2.04. The van der Waals surface area contributed by atoms with Crippen molar-refractivity contribution < 1.29 is 19.4 Å². The molecule has 0 rings (SSSR count). The average molecular weight is 159 g/mol. The van der Waals surface area contributed by atoms with E-state index in [9.17, 15) is 9.59 Å². The summed E-state index contributed by atoms with van der Waals surface area (Å²) in [5.41, 5.74) is 0. The first-order valence-electron chi connectivity index (χ1n) is 3.33. The number of aliphatic carboxylic acids is 1. The van der Waals surface area contributed by atoms with E-state index in [1.807, 2.05) is 0 Å². The van der Waals surface area contributed by atoms with Crippen LogP contribution >= 0.6 is 0 Å². The van der Waals surface area contributed by atoms with Crippen LogP contribution in [0.25, 0.3) is 0 Å². The molecule has 63 valence electrons. The average Bonchev–Trinajstić information content (AvgIpc) is 1.97. The van der Waals surface area contributed by atoms with Gasteiger partial charge < -0.3 is 9.84 Å². The molecule has 11 heavy (non-hydrogen) atoms. The standard InChI is InChI=1S/C7H11O4/c1-2-5-11-7(10)4-3-6(8)9/h1-5H2,(H,8,9). The Morgan fingerprint density at radius 2 is 2.00 bits per heavy atom. The van der Waals surface area contributed by atoms with Crippen molar-refractivity contribution in [2.45, 2.75) is 19.3 Å². The van der Waals surface area contributed by atoms with Gasteiger partial charge >= 0.3 is 11.9 Å². The molecule has 0 atom stereocenters.